The number of carbonyl (C=O) groups excluding carboxylic acids is 1. The molecule has 0 atom stereocenters. The van der Waals surface area contributed by atoms with Crippen LogP contribution in [0.2, 0.25) is 5.02 Å². The van der Waals surface area contributed by atoms with Crippen LogP contribution in [-0.4, -0.2) is 20.9 Å². The smallest absolute Gasteiger partial charge is 0.261 e. The standard InChI is InChI=1S/C17H15ClN2O3S/c18-13-3-5-14(6-4-13)19-24(22,23)15-8-11-2-1-7-20-16(21)10-12(9-15)17(11)20/h3-6,8-9,19H,1-2,7,10H2. The first-order valence-corrected chi connectivity index (χ1v) is 9.55. The molecule has 1 N–H and O–H groups in total. The summed E-state index contributed by atoms with van der Waals surface area (Å²) in [7, 11) is -3.71. The molecular formula is C17H15ClN2O3S. The van der Waals surface area contributed by atoms with Crippen LogP contribution in [0, 0.1) is 0 Å². The Bertz CT molecular complexity index is 939. The number of amides is 1. The molecule has 0 fully saturated rings. The second-order valence-corrected chi connectivity index (χ2v) is 8.15. The van der Waals surface area contributed by atoms with Crippen LogP contribution in [0.1, 0.15) is 17.5 Å². The lowest BCUT2D eigenvalue weighted by Gasteiger charge is -2.26. The van der Waals surface area contributed by atoms with Crippen molar-refractivity contribution in [3.8, 4) is 0 Å². The van der Waals surface area contributed by atoms with Crippen molar-refractivity contribution in [1.82, 2.24) is 0 Å². The molecule has 124 valence electrons. The number of benzene rings is 2. The molecule has 5 nitrogen and oxygen atoms in total. The molecule has 0 spiro atoms. The van der Waals surface area contributed by atoms with Crippen LogP contribution in [-0.2, 0) is 27.7 Å². The molecule has 1 amide bonds. The van der Waals surface area contributed by atoms with E-state index in [4.69, 9.17) is 11.6 Å². The van der Waals surface area contributed by atoms with Gasteiger partial charge < -0.3 is 4.90 Å². The lowest BCUT2D eigenvalue weighted by atomic mass is 10.0. The van der Waals surface area contributed by atoms with E-state index in [9.17, 15) is 13.2 Å². The van der Waals surface area contributed by atoms with Gasteiger partial charge in [0.25, 0.3) is 10.0 Å². The minimum atomic E-state index is -3.71. The summed E-state index contributed by atoms with van der Waals surface area (Å²) in [6.07, 6.45) is 1.91. The maximum absolute atomic E-state index is 12.7. The molecule has 2 aromatic carbocycles. The van der Waals surface area contributed by atoms with E-state index in [1.807, 2.05) is 0 Å². The minimum absolute atomic E-state index is 0.0474. The summed E-state index contributed by atoms with van der Waals surface area (Å²) in [5.74, 6) is 0.0474. The average Bonchev–Trinajstić information content (AvgIpc) is 2.87. The van der Waals surface area contributed by atoms with Crippen molar-refractivity contribution in [3.63, 3.8) is 0 Å². The van der Waals surface area contributed by atoms with E-state index < -0.39 is 10.0 Å². The molecule has 2 aromatic rings. The van der Waals surface area contributed by atoms with Gasteiger partial charge in [-0.15, -0.1) is 0 Å². The molecule has 0 aliphatic carbocycles. The van der Waals surface area contributed by atoms with Crippen LogP contribution in [0.25, 0.3) is 0 Å². The highest BCUT2D eigenvalue weighted by Gasteiger charge is 2.33. The van der Waals surface area contributed by atoms with E-state index in [0.29, 0.717) is 17.3 Å². The fourth-order valence-electron chi connectivity index (χ4n) is 3.33. The van der Waals surface area contributed by atoms with Crippen LogP contribution in [0.3, 0.4) is 0 Å². The van der Waals surface area contributed by atoms with Gasteiger partial charge in [0.15, 0.2) is 0 Å². The molecule has 0 radical (unpaired) electrons. The first-order chi connectivity index (χ1) is 11.4. The molecule has 7 heteroatoms. The summed E-state index contributed by atoms with van der Waals surface area (Å²) in [5, 5.41) is 0.540. The van der Waals surface area contributed by atoms with Crippen molar-refractivity contribution in [2.75, 3.05) is 16.2 Å². The number of rotatable bonds is 3. The van der Waals surface area contributed by atoms with Crippen molar-refractivity contribution >= 4 is 38.9 Å². The van der Waals surface area contributed by atoms with E-state index in [2.05, 4.69) is 4.72 Å². The topological polar surface area (TPSA) is 66.5 Å². The first kappa shape index (κ1) is 15.5. The molecule has 4 rings (SSSR count). The summed E-state index contributed by atoms with van der Waals surface area (Å²) < 4.78 is 27.9. The zero-order valence-corrected chi connectivity index (χ0v) is 14.3. The largest absolute Gasteiger partial charge is 0.312 e. The van der Waals surface area contributed by atoms with Gasteiger partial charge in [-0.05, 0) is 60.4 Å². The lowest BCUT2D eigenvalue weighted by Crippen LogP contribution is -2.31. The molecule has 0 aromatic heterocycles. The molecule has 0 bridgehead atoms. The van der Waals surface area contributed by atoms with Gasteiger partial charge in [-0.2, -0.15) is 0 Å². The fraction of sp³-hybridized carbons (Fsp3) is 0.235. The lowest BCUT2D eigenvalue weighted by molar-refractivity contribution is -0.117. The van der Waals surface area contributed by atoms with Crippen LogP contribution in [0.4, 0.5) is 11.4 Å². The summed E-state index contributed by atoms with van der Waals surface area (Å²) >= 11 is 5.82. The monoisotopic (exact) mass is 362 g/mol. The molecule has 24 heavy (non-hydrogen) atoms. The summed E-state index contributed by atoms with van der Waals surface area (Å²) in [4.78, 5) is 14.1. The van der Waals surface area contributed by atoms with Crippen molar-refractivity contribution in [3.05, 3.63) is 52.5 Å². The maximum Gasteiger partial charge on any atom is 0.261 e. The molecule has 2 aliphatic heterocycles. The van der Waals surface area contributed by atoms with Gasteiger partial charge >= 0.3 is 0 Å². The van der Waals surface area contributed by atoms with Gasteiger partial charge in [0, 0.05) is 17.3 Å². The molecule has 0 unspecified atom stereocenters. The molecule has 2 aliphatic rings. The number of anilines is 2. The first-order valence-electron chi connectivity index (χ1n) is 7.68. The minimum Gasteiger partial charge on any atom is -0.312 e. The van der Waals surface area contributed by atoms with Crippen LogP contribution in [0.5, 0.6) is 0 Å². The Balaban J connectivity index is 1.73. The van der Waals surface area contributed by atoms with Crippen molar-refractivity contribution < 1.29 is 13.2 Å². The highest BCUT2D eigenvalue weighted by atomic mass is 35.5. The molecular weight excluding hydrogens is 348 g/mol. The second kappa shape index (κ2) is 5.50. The molecule has 2 heterocycles. The third-order valence-electron chi connectivity index (χ3n) is 4.39. The van der Waals surface area contributed by atoms with Crippen molar-refractivity contribution in [1.29, 1.82) is 0 Å². The van der Waals surface area contributed by atoms with Crippen molar-refractivity contribution in [2.24, 2.45) is 0 Å². The van der Waals surface area contributed by atoms with E-state index >= 15 is 0 Å². The quantitative estimate of drug-likeness (QED) is 0.912. The summed E-state index contributed by atoms with van der Waals surface area (Å²) in [5.41, 5.74) is 3.10. The van der Waals surface area contributed by atoms with Crippen LogP contribution < -0.4 is 9.62 Å². The van der Waals surface area contributed by atoms with E-state index in [1.165, 1.54) is 0 Å². The predicted molar refractivity (Wildman–Crippen MR) is 93.1 cm³/mol. The Hall–Kier alpha value is -2.05. The number of aryl methyl sites for hydroxylation is 1. The van der Waals surface area contributed by atoms with E-state index in [1.54, 1.807) is 41.3 Å². The Morgan fingerprint density at radius 3 is 2.54 bits per heavy atom. The van der Waals surface area contributed by atoms with Gasteiger partial charge in [-0.1, -0.05) is 11.6 Å². The number of halogens is 1. The number of hydrogen-bond donors (Lipinski definition) is 1. The Kier molecular flexibility index (Phi) is 3.54. The second-order valence-electron chi connectivity index (χ2n) is 6.03. The van der Waals surface area contributed by atoms with Crippen LogP contribution in [0.15, 0.2) is 41.3 Å². The van der Waals surface area contributed by atoms with Crippen LogP contribution >= 0.6 is 11.6 Å². The maximum atomic E-state index is 12.7. The number of hydrogen-bond acceptors (Lipinski definition) is 3. The third kappa shape index (κ3) is 2.56. The Morgan fingerprint density at radius 2 is 1.79 bits per heavy atom. The predicted octanol–water partition coefficient (Wildman–Crippen LogP) is 2.98. The van der Waals surface area contributed by atoms with E-state index in [0.717, 1.165) is 29.7 Å². The third-order valence-corrected chi connectivity index (χ3v) is 6.00. The zero-order chi connectivity index (χ0) is 16.9. The fourth-order valence-corrected chi connectivity index (χ4v) is 4.62. The van der Waals surface area contributed by atoms with Gasteiger partial charge in [-0.3, -0.25) is 9.52 Å². The Morgan fingerprint density at radius 1 is 1.08 bits per heavy atom. The Labute approximate surface area is 145 Å². The molecule has 0 saturated heterocycles. The van der Waals surface area contributed by atoms with Gasteiger partial charge in [0.1, 0.15) is 0 Å². The number of carbonyl (C=O) groups is 1. The highest BCUT2D eigenvalue weighted by molar-refractivity contribution is 7.92. The van der Waals surface area contributed by atoms with E-state index in [-0.39, 0.29) is 17.2 Å². The summed E-state index contributed by atoms with van der Waals surface area (Å²) in [6.45, 7) is 0.716. The number of sulfonamides is 1. The van der Waals surface area contributed by atoms with Gasteiger partial charge in [0.05, 0.1) is 17.0 Å². The summed E-state index contributed by atoms with van der Waals surface area (Å²) in [6, 6.07) is 9.78. The zero-order valence-electron chi connectivity index (χ0n) is 12.8. The SMILES string of the molecule is O=C1Cc2cc(S(=O)(=O)Nc3ccc(Cl)cc3)cc3c2N1CCC3. The number of nitrogens with zero attached hydrogens (tertiary/aromatic N) is 1. The van der Waals surface area contributed by atoms with Gasteiger partial charge in [0.2, 0.25) is 5.91 Å². The number of nitrogens with one attached hydrogen (secondary N) is 1. The normalized spacial score (nSPS) is 16.2. The highest BCUT2D eigenvalue weighted by Crippen LogP contribution is 2.38. The average molecular weight is 363 g/mol. The van der Waals surface area contributed by atoms with Gasteiger partial charge in [-0.25, -0.2) is 8.42 Å². The van der Waals surface area contributed by atoms with Crippen molar-refractivity contribution in [2.45, 2.75) is 24.2 Å². The molecule has 0 saturated carbocycles.